The van der Waals surface area contributed by atoms with Crippen LogP contribution in [0.3, 0.4) is 0 Å². The van der Waals surface area contributed by atoms with E-state index in [0.717, 1.165) is 17.8 Å². The van der Waals surface area contributed by atoms with Gasteiger partial charge >= 0.3 is 0 Å². The lowest BCUT2D eigenvalue weighted by atomic mass is 9.87. The number of nitrogens with zero attached hydrogens (tertiary/aromatic N) is 2. The van der Waals surface area contributed by atoms with Crippen LogP contribution in [-0.4, -0.2) is 15.9 Å². The van der Waals surface area contributed by atoms with Crippen molar-refractivity contribution in [2.24, 2.45) is 0 Å². The first-order valence-electron chi connectivity index (χ1n) is 8.68. The van der Waals surface area contributed by atoms with Crippen LogP contribution < -0.4 is 10.6 Å². The second-order valence-corrected chi connectivity index (χ2v) is 7.32. The Kier molecular flexibility index (Phi) is 5.35. The van der Waals surface area contributed by atoms with Gasteiger partial charge in [0.25, 0.3) is 5.91 Å². The number of aromatic nitrogens is 2. The van der Waals surface area contributed by atoms with Crippen LogP contribution >= 0.6 is 0 Å². The lowest BCUT2D eigenvalue weighted by Gasteiger charge is -2.19. The van der Waals surface area contributed by atoms with E-state index < -0.39 is 17.5 Å². The van der Waals surface area contributed by atoms with Gasteiger partial charge in [0.05, 0.1) is 12.4 Å². The average Bonchev–Trinajstić information content (AvgIpc) is 2.65. The molecule has 0 unspecified atom stereocenters. The van der Waals surface area contributed by atoms with Gasteiger partial charge in [0.2, 0.25) is 0 Å². The maximum Gasteiger partial charge on any atom is 0.275 e. The number of anilines is 3. The van der Waals surface area contributed by atoms with Crippen LogP contribution in [0.15, 0.2) is 54.9 Å². The third-order valence-corrected chi connectivity index (χ3v) is 4.09. The number of benzene rings is 2. The third-order valence-electron chi connectivity index (χ3n) is 4.09. The summed E-state index contributed by atoms with van der Waals surface area (Å²) in [5.41, 5.74) is 2.32. The van der Waals surface area contributed by atoms with Gasteiger partial charge in [0.15, 0.2) is 11.6 Å². The van der Waals surface area contributed by atoms with Crippen LogP contribution in [-0.2, 0) is 5.41 Å². The van der Waals surface area contributed by atoms with E-state index in [9.17, 15) is 13.6 Å². The molecule has 0 spiro atoms. The molecule has 7 heteroatoms. The van der Waals surface area contributed by atoms with Crippen molar-refractivity contribution in [3.63, 3.8) is 0 Å². The fourth-order valence-electron chi connectivity index (χ4n) is 2.48. The van der Waals surface area contributed by atoms with Crippen LogP contribution in [0.5, 0.6) is 0 Å². The number of carbonyl (C=O) groups excluding carboxylic acids is 1. The molecule has 0 bridgehead atoms. The van der Waals surface area contributed by atoms with Crippen molar-refractivity contribution in [3.8, 4) is 0 Å². The summed E-state index contributed by atoms with van der Waals surface area (Å²) in [4.78, 5) is 20.4. The van der Waals surface area contributed by atoms with E-state index in [-0.39, 0.29) is 16.8 Å². The van der Waals surface area contributed by atoms with Crippen molar-refractivity contribution in [2.45, 2.75) is 26.2 Å². The molecule has 1 aromatic heterocycles. The zero-order valence-electron chi connectivity index (χ0n) is 15.8. The Morgan fingerprint density at radius 3 is 2.14 bits per heavy atom. The molecule has 3 rings (SSSR count). The van der Waals surface area contributed by atoms with E-state index in [1.807, 2.05) is 24.3 Å². The van der Waals surface area contributed by atoms with Crippen molar-refractivity contribution in [1.29, 1.82) is 0 Å². The van der Waals surface area contributed by atoms with Crippen molar-refractivity contribution in [3.05, 3.63) is 77.8 Å². The number of amides is 1. The molecule has 0 saturated carbocycles. The molecule has 0 aliphatic heterocycles. The molecule has 0 aliphatic carbocycles. The summed E-state index contributed by atoms with van der Waals surface area (Å²) in [5.74, 6) is -2.11. The smallest absolute Gasteiger partial charge is 0.275 e. The van der Waals surface area contributed by atoms with Crippen LogP contribution in [0, 0.1) is 11.6 Å². The Bertz CT molecular complexity index is 981. The molecule has 144 valence electrons. The maximum absolute atomic E-state index is 13.2. The molecule has 3 aromatic rings. The highest BCUT2D eigenvalue weighted by atomic mass is 19.2. The molecule has 28 heavy (non-hydrogen) atoms. The Labute approximate surface area is 161 Å². The zero-order valence-corrected chi connectivity index (χ0v) is 15.8. The topological polar surface area (TPSA) is 66.9 Å². The first-order chi connectivity index (χ1) is 13.2. The number of hydrogen-bond donors (Lipinski definition) is 2. The largest absolute Gasteiger partial charge is 0.339 e. The molecule has 0 fully saturated rings. The van der Waals surface area contributed by atoms with Crippen molar-refractivity contribution >= 4 is 23.1 Å². The minimum atomic E-state index is -1.04. The number of carbonyl (C=O) groups is 1. The number of rotatable bonds is 4. The summed E-state index contributed by atoms with van der Waals surface area (Å²) in [6.07, 6.45) is 2.74. The Hall–Kier alpha value is -3.35. The fraction of sp³-hybridized carbons (Fsp3) is 0.190. The van der Waals surface area contributed by atoms with Gasteiger partial charge in [-0.1, -0.05) is 32.9 Å². The van der Waals surface area contributed by atoms with Gasteiger partial charge in [0, 0.05) is 17.4 Å². The SMILES string of the molecule is CC(C)(C)c1ccc(Nc2cnc(C(=O)Nc3ccc(F)c(F)c3)cn2)cc1. The van der Waals surface area contributed by atoms with Crippen LogP contribution in [0.25, 0.3) is 0 Å². The first-order valence-corrected chi connectivity index (χ1v) is 8.68. The fourth-order valence-corrected chi connectivity index (χ4v) is 2.48. The predicted octanol–water partition coefficient (Wildman–Crippen LogP) is 5.05. The van der Waals surface area contributed by atoms with Crippen LogP contribution in [0.4, 0.5) is 26.0 Å². The maximum atomic E-state index is 13.2. The Balaban J connectivity index is 1.65. The van der Waals surface area contributed by atoms with Gasteiger partial charge in [-0.15, -0.1) is 0 Å². The van der Waals surface area contributed by atoms with E-state index >= 15 is 0 Å². The predicted molar refractivity (Wildman–Crippen MR) is 105 cm³/mol. The van der Waals surface area contributed by atoms with Gasteiger partial charge in [0.1, 0.15) is 11.5 Å². The Morgan fingerprint density at radius 1 is 0.893 bits per heavy atom. The lowest BCUT2D eigenvalue weighted by molar-refractivity contribution is 0.102. The monoisotopic (exact) mass is 382 g/mol. The summed E-state index contributed by atoms with van der Waals surface area (Å²) in [7, 11) is 0. The second kappa shape index (κ2) is 7.72. The quantitative estimate of drug-likeness (QED) is 0.663. The van der Waals surface area contributed by atoms with E-state index in [0.29, 0.717) is 5.82 Å². The minimum absolute atomic E-state index is 0.0540. The summed E-state index contributed by atoms with van der Waals surface area (Å²) in [6.45, 7) is 6.43. The summed E-state index contributed by atoms with van der Waals surface area (Å²) >= 11 is 0. The number of hydrogen-bond acceptors (Lipinski definition) is 4. The molecule has 2 N–H and O–H groups in total. The normalized spacial score (nSPS) is 11.2. The molecule has 0 radical (unpaired) electrons. The second-order valence-electron chi connectivity index (χ2n) is 7.32. The van der Waals surface area contributed by atoms with Gasteiger partial charge in [-0.25, -0.2) is 18.7 Å². The number of halogens is 2. The van der Waals surface area contributed by atoms with Gasteiger partial charge < -0.3 is 10.6 Å². The molecule has 1 amide bonds. The highest BCUT2D eigenvalue weighted by molar-refractivity contribution is 6.02. The molecule has 2 aromatic carbocycles. The molecule has 0 aliphatic rings. The third kappa shape index (κ3) is 4.68. The lowest BCUT2D eigenvalue weighted by Crippen LogP contribution is -2.14. The average molecular weight is 382 g/mol. The molecule has 5 nitrogen and oxygen atoms in total. The standard InChI is InChI=1S/C21H20F2N4O/c1-21(2,3)13-4-6-14(7-5-13)26-19-12-24-18(11-25-19)20(28)27-15-8-9-16(22)17(23)10-15/h4-12H,1-3H3,(H,25,26)(H,27,28). The first kappa shape index (κ1) is 19.4. The van der Waals surface area contributed by atoms with Crippen molar-refractivity contribution < 1.29 is 13.6 Å². The summed E-state index contributed by atoms with van der Waals surface area (Å²) < 4.78 is 26.2. The molecular weight excluding hydrogens is 362 g/mol. The zero-order chi connectivity index (χ0) is 20.3. The molecule has 1 heterocycles. The van der Waals surface area contributed by atoms with Crippen LogP contribution in [0.1, 0.15) is 36.8 Å². The van der Waals surface area contributed by atoms with Crippen molar-refractivity contribution in [1.82, 2.24) is 9.97 Å². The van der Waals surface area contributed by atoms with E-state index in [2.05, 4.69) is 41.4 Å². The highest BCUT2D eigenvalue weighted by Crippen LogP contribution is 2.24. The highest BCUT2D eigenvalue weighted by Gasteiger charge is 2.13. The van der Waals surface area contributed by atoms with Crippen molar-refractivity contribution in [2.75, 3.05) is 10.6 Å². The number of nitrogens with one attached hydrogen (secondary N) is 2. The molecule has 0 saturated heterocycles. The van der Waals surface area contributed by atoms with Crippen LogP contribution in [0.2, 0.25) is 0 Å². The summed E-state index contributed by atoms with van der Waals surface area (Å²) in [6, 6.07) is 11.1. The molecule has 0 atom stereocenters. The van der Waals surface area contributed by atoms with E-state index in [4.69, 9.17) is 0 Å². The van der Waals surface area contributed by atoms with Gasteiger partial charge in [-0.3, -0.25) is 4.79 Å². The van der Waals surface area contributed by atoms with E-state index in [1.165, 1.54) is 24.0 Å². The Morgan fingerprint density at radius 2 is 1.57 bits per heavy atom. The van der Waals surface area contributed by atoms with Gasteiger partial charge in [-0.2, -0.15) is 0 Å². The van der Waals surface area contributed by atoms with Gasteiger partial charge in [-0.05, 0) is 35.2 Å². The summed E-state index contributed by atoms with van der Waals surface area (Å²) in [5, 5.41) is 5.56. The molecular formula is C21H20F2N4O. The van der Waals surface area contributed by atoms with E-state index in [1.54, 1.807) is 0 Å². The minimum Gasteiger partial charge on any atom is -0.339 e.